The smallest absolute Gasteiger partial charge is 0.252 e. The van der Waals surface area contributed by atoms with Gasteiger partial charge in [-0.05, 0) is 18.6 Å². The third-order valence-electron chi connectivity index (χ3n) is 4.61. The number of para-hydroxylation sites is 1. The highest BCUT2D eigenvalue weighted by molar-refractivity contribution is 6.22. The average Bonchev–Trinajstić information content (AvgIpc) is 3.23. The number of benzene rings is 1. The summed E-state index contributed by atoms with van der Waals surface area (Å²) in [6, 6.07) is 7.58. The van der Waals surface area contributed by atoms with Crippen LogP contribution in [0.15, 0.2) is 24.3 Å². The molecule has 4 fully saturated rings. The molecule has 2 bridgehead atoms. The summed E-state index contributed by atoms with van der Waals surface area (Å²) >= 11 is 6.19. The van der Waals surface area contributed by atoms with Crippen LogP contribution >= 0.6 is 11.6 Å². The zero-order chi connectivity index (χ0) is 15.0. The zero-order valence-electron chi connectivity index (χ0n) is 12.0. The number of nitrogens with zero attached hydrogens (tertiary/aromatic N) is 1. The molecule has 1 amide bonds. The molecular formula is C15H20ClN3O2. The third-order valence-corrected chi connectivity index (χ3v) is 5.14. The molecule has 0 aromatic heterocycles. The summed E-state index contributed by atoms with van der Waals surface area (Å²) in [7, 11) is 1.50. The van der Waals surface area contributed by atoms with Gasteiger partial charge in [0.1, 0.15) is 5.75 Å². The van der Waals surface area contributed by atoms with E-state index in [0.717, 1.165) is 12.6 Å². The molecule has 4 saturated heterocycles. The Hall–Kier alpha value is -1.30. The van der Waals surface area contributed by atoms with Crippen LogP contribution in [-0.2, 0) is 0 Å². The highest BCUT2D eigenvalue weighted by Gasteiger charge is 2.63. The topological polar surface area (TPSA) is 77.5 Å². The van der Waals surface area contributed by atoms with Crippen molar-refractivity contribution in [2.24, 2.45) is 5.73 Å². The van der Waals surface area contributed by atoms with Crippen molar-refractivity contribution in [2.45, 2.75) is 23.4 Å². The molecule has 21 heavy (non-hydrogen) atoms. The second kappa shape index (κ2) is 5.48. The number of nitrogens with two attached hydrogens (primary N) is 1. The highest BCUT2D eigenvalue weighted by atomic mass is 35.5. The maximum Gasteiger partial charge on any atom is 0.252 e. The van der Waals surface area contributed by atoms with Crippen molar-refractivity contribution in [1.82, 2.24) is 10.2 Å². The first-order valence-corrected chi connectivity index (χ1v) is 7.57. The van der Waals surface area contributed by atoms with Gasteiger partial charge in [-0.15, -0.1) is 11.6 Å². The number of ether oxygens (including phenoxy) is 1. The van der Waals surface area contributed by atoms with Crippen LogP contribution < -0.4 is 15.8 Å². The van der Waals surface area contributed by atoms with E-state index >= 15 is 0 Å². The Bertz CT molecular complexity index is 553. The third kappa shape index (κ3) is 2.61. The Morgan fingerprint density at radius 1 is 1.48 bits per heavy atom. The summed E-state index contributed by atoms with van der Waals surface area (Å²) in [6.45, 7) is 3.60. The van der Waals surface area contributed by atoms with Crippen LogP contribution in [0.4, 0.5) is 0 Å². The zero-order valence-corrected chi connectivity index (χ0v) is 12.8. The molecule has 4 unspecified atom stereocenters. The lowest BCUT2D eigenvalue weighted by molar-refractivity contribution is 0.0997. The van der Waals surface area contributed by atoms with Gasteiger partial charge in [-0.2, -0.15) is 0 Å². The fourth-order valence-electron chi connectivity index (χ4n) is 3.30. The van der Waals surface area contributed by atoms with Crippen molar-refractivity contribution in [3.05, 3.63) is 29.8 Å². The second-order valence-corrected chi connectivity index (χ2v) is 6.31. The van der Waals surface area contributed by atoms with E-state index in [1.807, 2.05) is 0 Å². The summed E-state index contributed by atoms with van der Waals surface area (Å²) in [5, 5.41) is 3.89. The van der Waals surface area contributed by atoms with Crippen LogP contribution in [0, 0.1) is 0 Å². The summed E-state index contributed by atoms with van der Waals surface area (Å²) in [5.74, 6) is 0.0439. The summed E-state index contributed by atoms with van der Waals surface area (Å²) in [4.78, 5) is 13.2. The number of rotatable bonds is 2. The minimum absolute atomic E-state index is 0.375. The first kappa shape index (κ1) is 14.6. The molecular weight excluding hydrogens is 290 g/mol. The van der Waals surface area contributed by atoms with E-state index in [2.05, 4.69) is 10.2 Å². The number of carbonyl (C=O) groups is 1. The lowest BCUT2D eigenvalue weighted by Gasteiger charge is -2.40. The molecule has 1 spiro atoms. The van der Waals surface area contributed by atoms with Crippen LogP contribution in [-0.4, -0.2) is 54.5 Å². The van der Waals surface area contributed by atoms with Crippen molar-refractivity contribution < 1.29 is 9.53 Å². The molecule has 0 aliphatic carbocycles. The van der Waals surface area contributed by atoms with Gasteiger partial charge in [0.05, 0.1) is 23.6 Å². The van der Waals surface area contributed by atoms with Crippen molar-refractivity contribution in [2.75, 3.05) is 26.7 Å². The molecule has 0 radical (unpaired) electrons. The van der Waals surface area contributed by atoms with Crippen molar-refractivity contribution in [1.29, 1.82) is 0 Å². The number of piperidine rings is 3. The normalized spacial score (nSPS) is 35.2. The number of amides is 1. The molecule has 114 valence electrons. The van der Waals surface area contributed by atoms with Gasteiger partial charge in [0.25, 0.3) is 5.91 Å². The van der Waals surface area contributed by atoms with Crippen molar-refractivity contribution in [3.63, 3.8) is 0 Å². The van der Waals surface area contributed by atoms with E-state index in [9.17, 15) is 4.79 Å². The van der Waals surface area contributed by atoms with E-state index in [1.165, 1.54) is 26.6 Å². The van der Waals surface area contributed by atoms with Gasteiger partial charge in [-0.1, -0.05) is 12.1 Å². The maximum atomic E-state index is 10.7. The molecule has 4 atom stereocenters. The Balaban J connectivity index is 0.000000126. The van der Waals surface area contributed by atoms with Crippen LogP contribution in [0.3, 0.4) is 0 Å². The molecule has 4 heterocycles. The van der Waals surface area contributed by atoms with Gasteiger partial charge in [0.2, 0.25) is 0 Å². The van der Waals surface area contributed by atoms with Gasteiger partial charge < -0.3 is 20.7 Å². The molecule has 5 nitrogen and oxygen atoms in total. The molecule has 4 aliphatic rings. The minimum atomic E-state index is -0.470. The lowest BCUT2D eigenvalue weighted by Crippen LogP contribution is -2.54. The average molecular weight is 310 g/mol. The highest BCUT2D eigenvalue weighted by Crippen LogP contribution is 2.45. The first-order chi connectivity index (χ1) is 10.1. The number of hydrogen-bond donors (Lipinski definition) is 2. The van der Waals surface area contributed by atoms with Gasteiger partial charge >= 0.3 is 0 Å². The Morgan fingerprint density at radius 3 is 2.76 bits per heavy atom. The number of carbonyl (C=O) groups excluding carboxylic acids is 1. The minimum Gasteiger partial charge on any atom is -0.496 e. The summed E-state index contributed by atoms with van der Waals surface area (Å²) in [5.41, 5.74) is 5.87. The molecule has 4 aliphatic heterocycles. The molecule has 3 N–H and O–H groups in total. The van der Waals surface area contributed by atoms with E-state index in [4.69, 9.17) is 22.1 Å². The number of methoxy groups -OCH3 is 1. The van der Waals surface area contributed by atoms with E-state index < -0.39 is 5.91 Å². The standard InChI is InChI=1S/C8H9NO2.C7H11ClN2/c1-11-7-5-3-2-4-6(7)8(9)10;8-5-3-10-2-1-7(5)6(4-10)9-7/h2-5H,1H3,(H2,9,10);5-6,9H,1-4H2. The van der Waals surface area contributed by atoms with Gasteiger partial charge in [0, 0.05) is 25.7 Å². The van der Waals surface area contributed by atoms with E-state index in [0.29, 0.717) is 22.2 Å². The predicted octanol–water partition coefficient (Wildman–Crippen LogP) is 0.818. The van der Waals surface area contributed by atoms with Crippen LogP contribution in [0.2, 0.25) is 0 Å². The fourth-order valence-corrected chi connectivity index (χ4v) is 3.82. The van der Waals surface area contributed by atoms with E-state index in [-0.39, 0.29) is 0 Å². The molecule has 5 rings (SSSR count). The predicted molar refractivity (Wildman–Crippen MR) is 81.9 cm³/mol. The number of primary amides is 1. The maximum absolute atomic E-state index is 10.7. The number of hydrogen-bond acceptors (Lipinski definition) is 4. The van der Waals surface area contributed by atoms with Crippen LogP contribution in [0.25, 0.3) is 0 Å². The van der Waals surface area contributed by atoms with Crippen LogP contribution in [0.5, 0.6) is 5.75 Å². The summed E-state index contributed by atoms with van der Waals surface area (Å²) < 4.78 is 4.91. The number of halogens is 1. The largest absolute Gasteiger partial charge is 0.496 e. The second-order valence-electron chi connectivity index (χ2n) is 5.78. The van der Waals surface area contributed by atoms with E-state index in [1.54, 1.807) is 24.3 Å². The summed E-state index contributed by atoms with van der Waals surface area (Å²) in [6.07, 6.45) is 1.27. The fraction of sp³-hybridized carbons (Fsp3) is 0.533. The molecule has 6 heteroatoms. The molecule has 0 saturated carbocycles. The van der Waals surface area contributed by atoms with Crippen molar-refractivity contribution in [3.8, 4) is 5.75 Å². The number of fused-ring (bicyclic) bond motifs is 2. The van der Waals surface area contributed by atoms with Gasteiger partial charge in [0.15, 0.2) is 0 Å². The molecule has 1 aromatic rings. The number of nitrogens with one attached hydrogen (secondary N) is 1. The Kier molecular flexibility index (Phi) is 3.82. The van der Waals surface area contributed by atoms with Crippen molar-refractivity contribution >= 4 is 17.5 Å². The Labute approximate surface area is 129 Å². The SMILES string of the molecule is COc1ccccc1C(N)=O.ClC1CN2CCC13NC3C2. The quantitative estimate of drug-likeness (QED) is 0.626. The van der Waals surface area contributed by atoms with Gasteiger partial charge in [-0.25, -0.2) is 0 Å². The first-order valence-electron chi connectivity index (χ1n) is 7.14. The number of alkyl halides is 1. The molecule has 1 aromatic carbocycles. The Morgan fingerprint density at radius 2 is 2.24 bits per heavy atom. The van der Waals surface area contributed by atoms with Crippen LogP contribution in [0.1, 0.15) is 16.8 Å². The van der Waals surface area contributed by atoms with Gasteiger partial charge in [-0.3, -0.25) is 4.79 Å². The lowest BCUT2D eigenvalue weighted by atomic mass is 9.87. The monoisotopic (exact) mass is 309 g/mol.